The summed E-state index contributed by atoms with van der Waals surface area (Å²) in [5.41, 5.74) is 10.0. The highest BCUT2D eigenvalue weighted by atomic mass is 32.2. The molecule has 5 N–H and O–H groups in total. The first-order chi connectivity index (χ1) is 7.27. The van der Waals surface area contributed by atoms with E-state index >= 15 is 0 Å². The molecule has 0 radical (unpaired) electrons. The lowest BCUT2D eigenvalue weighted by atomic mass is 9.96. The predicted octanol–water partition coefficient (Wildman–Crippen LogP) is 0.862. The zero-order valence-corrected chi connectivity index (χ0v) is 11.2. The molecule has 0 saturated carbocycles. The van der Waals surface area contributed by atoms with Crippen LogP contribution >= 0.6 is 11.8 Å². The van der Waals surface area contributed by atoms with Gasteiger partial charge in [-0.3, -0.25) is 4.79 Å². The molecule has 0 aliphatic heterocycles. The van der Waals surface area contributed by atoms with Gasteiger partial charge in [0, 0.05) is 5.25 Å². The number of hydrogen-bond acceptors (Lipinski definition) is 4. The van der Waals surface area contributed by atoms with Crippen LogP contribution in [0, 0.1) is 0 Å². The van der Waals surface area contributed by atoms with Crippen molar-refractivity contribution in [2.75, 3.05) is 5.75 Å². The number of amides is 1. The van der Waals surface area contributed by atoms with Gasteiger partial charge < -0.3 is 16.6 Å². The van der Waals surface area contributed by atoms with Crippen LogP contribution in [-0.2, 0) is 4.79 Å². The van der Waals surface area contributed by atoms with Crippen molar-refractivity contribution in [3.8, 4) is 0 Å². The van der Waals surface area contributed by atoms with E-state index in [-0.39, 0.29) is 11.4 Å². The minimum Gasteiger partial charge on any atom is -0.392 e. The van der Waals surface area contributed by atoms with Gasteiger partial charge in [0.1, 0.15) is 0 Å². The minimum atomic E-state index is -0.888. The molecule has 96 valence electrons. The lowest BCUT2D eigenvalue weighted by Gasteiger charge is -2.20. The zero-order valence-electron chi connectivity index (χ0n) is 10.4. The largest absolute Gasteiger partial charge is 0.392 e. The van der Waals surface area contributed by atoms with Gasteiger partial charge in [-0.15, -0.1) is 0 Å². The highest BCUT2D eigenvalue weighted by Gasteiger charge is 2.24. The lowest BCUT2D eigenvalue weighted by molar-refractivity contribution is -0.122. The first-order valence-electron chi connectivity index (χ1n) is 5.66. The monoisotopic (exact) mass is 248 g/mol. The number of nitrogens with two attached hydrogens (primary N) is 2. The molecule has 0 aromatic heterocycles. The van der Waals surface area contributed by atoms with Gasteiger partial charge in [0.25, 0.3) is 0 Å². The molecule has 3 atom stereocenters. The summed E-state index contributed by atoms with van der Waals surface area (Å²) < 4.78 is 0. The van der Waals surface area contributed by atoms with E-state index in [4.69, 9.17) is 11.5 Å². The van der Waals surface area contributed by atoms with Crippen molar-refractivity contribution < 1.29 is 9.90 Å². The average molecular weight is 248 g/mol. The molecule has 0 rings (SSSR count). The molecule has 0 aliphatic rings. The second-order valence-corrected chi connectivity index (χ2v) is 6.04. The summed E-state index contributed by atoms with van der Waals surface area (Å²) in [5, 5.41) is 9.53. The Morgan fingerprint density at radius 2 is 2.00 bits per heavy atom. The Labute approximate surface area is 102 Å². The number of carbonyl (C=O) groups excluding carboxylic acids is 1. The Hall–Kier alpha value is -0.260. The molecule has 1 amide bonds. The van der Waals surface area contributed by atoms with Crippen LogP contribution in [0.1, 0.15) is 40.0 Å². The molecular formula is C11H24N2O2S. The van der Waals surface area contributed by atoms with Crippen molar-refractivity contribution in [2.24, 2.45) is 11.5 Å². The standard InChI is InChI=1S/C11H24N2O2S/c1-8(14)9(2)16-7-5-4-6-11(3,13)10(12)15/h8-9,14H,4-7,13H2,1-3H3,(H2,12,15). The van der Waals surface area contributed by atoms with Gasteiger partial charge in [-0.25, -0.2) is 0 Å². The summed E-state index contributed by atoms with van der Waals surface area (Å²) in [6, 6.07) is 0. The van der Waals surface area contributed by atoms with E-state index in [0.717, 1.165) is 18.6 Å². The van der Waals surface area contributed by atoms with Crippen LogP contribution in [0.5, 0.6) is 0 Å². The highest BCUT2D eigenvalue weighted by Crippen LogP contribution is 2.18. The summed E-state index contributed by atoms with van der Waals surface area (Å²) in [7, 11) is 0. The highest BCUT2D eigenvalue weighted by molar-refractivity contribution is 7.99. The number of primary amides is 1. The third-order valence-electron chi connectivity index (χ3n) is 2.71. The molecule has 0 aliphatic carbocycles. The van der Waals surface area contributed by atoms with Crippen molar-refractivity contribution in [1.29, 1.82) is 0 Å². The summed E-state index contributed by atoms with van der Waals surface area (Å²) >= 11 is 1.74. The normalized spacial score (nSPS) is 18.8. The smallest absolute Gasteiger partial charge is 0.237 e. The van der Waals surface area contributed by atoms with Gasteiger partial charge in [-0.2, -0.15) is 11.8 Å². The van der Waals surface area contributed by atoms with Crippen molar-refractivity contribution >= 4 is 17.7 Å². The van der Waals surface area contributed by atoms with Gasteiger partial charge in [0.2, 0.25) is 5.91 Å². The maximum Gasteiger partial charge on any atom is 0.237 e. The number of hydrogen-bond donors (Lipinski definition) is 3. The lowest BCUT2D eigenvalue weighted by Crippen LogP contribution is -2.49. The first kappa shape index (κ1) is 15.7. The van der Waals surface area contributed by atoms with Crippen molar-refractivity contribution in [3.63, 3.8) is 0 Å². The van der Waals surface area contributed by atoms with Crippen LogP contribution < -0.4 is 11.5 Å². The summed E-state index contributed by atoms with van der Waals surface area (Å²) in [6.45, 7) is 5.47. The second-order valence-electron chi connectivity index (χ2n) is 4.56. The van der Waals surface area contributed by atoms with Gasteiger partial charge in [0.05, 0.1) is 11.6 Å². The van der Waals surface area contributed by atoms with Crippen LogP contribution in [0.4, 0.5) is 0 Å². The summed E-state index contributed by atoms with van der Waals surface area (Å²) in [5.74, 6) is 0.526. The Morgan fingerprint density at radius 3 is 2.44 bits per heavy atom. The van der Waals surface area contributed by atoms with Gasteiger partial charge in [0.15, 0.2) is 0 Å². The summed E-state index contributed by atoms with van der Waals surface area (Å²) in [6.07, 6.45) is 2.21. The van der Waals surface area contributed by atoms with Gasteiger partial charge >= 0.3 is 0 Å². The van der Waals surface area contributed by atoms with E-state index in [0.29, 0.717) is 6.42 Å². The van der Waals surface area contributed by atoms with E-state index in [9.17, 15) is 9.90 Å². The molecule has 0 aromatic rings. The Morgan fingerprint density at radius 1 is 1.44 bits per heavy atom. The van der Waals surface area contributed by atoms with Gasteiger partial charge in [-0.1, -0.05) is 13.3 Å². The van der Waals surface area contributed by atoms with E-state index in [1.165, 1.54) is 0 Å². The fourth-order valence-electron chi connectivity index (χ4n) is 1.13. The summed E-state index contributed by atoms with van der Waals surface area (Å²) in [4.78, 5) is 10.9. The quantitative estimate of drug-likeness (QED) is 0.556. The van der Waals surface area contributed by atoms with Crippen LogP contribution in [0.15, 0.2) is 0 Å². The molecular weight excluding hydrogens is 224 g/mol. The zero-order chi connectivity index (χ0) is 12.8. The Bertz CT molecular complexity index is 220. The molecule has 0 bridgehead atoms. The topological polar surface area (TPSA) is 89.3 Å². The van der Waals surface area contributed by atoms with Crippen LogP contribution in [0.25, 0.3) is 0 Å². The van der Waals surface area contributed by atoms with Crippen LogP contribution in [-0.4, -0.2) is 33.7 Å². The van der Waals surface area contributed by atoms with Crippen molar-refractivity contribution in [3.05, 3.63) is 0 Å². The Balaban J connectivity index is 3.58. The number of thioether (sulfide) groups is 1. The SMILES string of the molecule is CC(O)C(C)SCCCCC(C)(N)C(N)=O. The fraction of sp³-hybridized carbons (Fsp3) is 0.909. The fourth-order valence-corrected chi connectivity index (χ4v) is 2.15. The number of unbranched alkanes of at least 4 members (excludes halogenated alkanes) is 1. The third kappa shape index (κ3) is 6.35. The molecule has 0 heterocycles. The average Bonchev–Trinajstić information content (AvgIpc) is 2.16. The molecule has 4 nitrogen and oxygen atoms in total. The third-order valence-corrected chi connectivity index (χ3v) is 4.16. The van der Waals surface area contributed by atoms with Gasteiger partial charge in [-0.05, 0) is 32.4 Å². The molecule has 0 spiro atoms. The van der Waals surface area contributed by atoms with Crippen molar-refractivity contribution in [1.82, 2.24) is 0 Å². The van der Waals surface area contributed by atoms with Crippen molar-refractivity contribution in [2.45, 2.75) is 56.9 Å². The van der Waals surface area contributed by atoms with Crippen LogP contribution in [0.3, 0.4) is 0 Å². The number of rotatable bonds is 8. The molecule has 16 heavy (non-hydrogen) atoms. The van der Waals surface area contributed by atoms with E-state index in [2.05, 4.69) is 0 Å². The maximum absolute atomic E-state index is 10.9. The second kappa shape index (κ2) is 7.14. The number of aliphatic hydroxyl groups excluding tert-OH is 1. The van der Waals surface area contributed by atoms with E-state index < -0.39 is 11.4 Å². The molecule has 5 heteroatoms. The van der Waals surface area contributed by atoms with E-state index in [1.54, 1.807) is 25.6 Å². The first-order valence-corrected chi connectivity index (χ1v) is 6.70. The maximum atomic E-state index is 10.9. The number of aliphatic hydroxyl groups is 1. The molecule has 3 unspecified atom stereocenters. The Kier molecular flexibility index (Phi) is 7.03. The van der Waals surface area contributed by atoms with E-state index in [1.807, 2.05) is 6.92 Å². The minimum absolute atomic E-state index is 0.250. The van der Waals surface area contributed by atoms with Crippen LogP contribution in [0.2, 0.25) is 0 Å². The molecule has 0 fully saturated rings. The molecule has 0 saturated heterocycles. The molecule has 0 aromatic carbocycles. The predicted molar refractivity (Wildman–Crippen MR) is 69.2 cm³/mol. The number of carbonyl (C=O) groups is 1.